The van der Waals surface area contributed by atoms with E-state index in [-0.39, 0.29) is 17.6 Å². The lowest BCUT2D eigenvalue weighted by Crippen LogP contribution is -2.39. The van der Waals surface area contributed by atoms with Crippen molar-refractivity contribution in [1.82, 2.24) is 9.80 Å². The van der Waals surface area contributed by atoms with Crippen molar-refractivity contribution in [3.8, 4) is 0 Å². The standard InChI is InChI=1S/C20H29FN2O2/c1-15-3-2-11-23(15)19(24)10-14-22-12-8-17(9-13-22)20(25)16-4-6-18(21)7-5-16/h4-7,15,17,20,25H,2-3,8-14H2,1H3. The van der Waals surface area contributed by atoms with Crippen LogP contribution in [0.5, 0.6) is 0 Å². The normalized spacial score (nSPS) is 23.8. The number of halogens is 1. The Labute approximate surface area is 149 Å². The van der Waals surface area contributed by atoms with Gasteiger partial charge in [-0.05, 0) is 69.3 Å². The van der Waals surface area contributed by atoms with Gasteiger partial charge in [0.05, 0.1) is 6.10 Å². The van der Waals surface area contributed by atoms with E-state index in [9.17, 15) is 14.3 Å². The molecule has 1 N–H and O–H groups in total. The van der Waals surface area contributed by atoms with Crippen molar-refractivity contribution in [2.24, 2.45) is 5.92 Å². The third-order valence-corrected chi connectivity index (χ3v) is 5.81. The number of aliphatic hydroxyl groups excluding tert-OH is 1. The number of hydrogen-bond donors (Lipinski definition) is 1. The molecule has 2 aliphatic heterocycles. The van der Waals surface area contributed by atoms with E-state index < -0.39 is 6.10 Å². The number of aliphatic hydroxyl groups is 1. The zero-order valence-corrected chi connectivity index (χ0v) is 15.0. The molecule has 4 nitrogen and oxygen atoms in total. The topological polar surface area (TPSA) is 43.8 Å². The van der Waals surface area contributed by atoms with Gasteiger partial charge in [0, 0.05) is 25.6 Å². The number of rotatable bonds is 5. The van der Waals surface area contributed by atoms with Crippen LogP contribution in [0, 0.1) is 11.7 Å². The van der Waals surface area contributed by atoms with Crippen LogP contribution in [-0.4, -0.2) is 53.0 Å². The second-order valence-corrected chi connectivity index (χ2v) is 7.50. The number of benzene rings is 1. The summed E-state index contributed by atoms with van der Waals surface area (Å²) in [6, 6.07) is 6.53. The molecule has 2 unspecified atom stereocenters. The highest BCUT2D eigenvalue weighted by Gasteiger charge is 2.28. The maximum atomic E-state index is 13.0. The summed E-state index contributed by atoms with van der Waals surface area (Å²) >= 11 is 0. The van der Waals surface area contributed by atoms with Gasteiger partial charge >= 0.3 is 0 Å². The van der Waals surface area contributed by atoms with Crippen LogP contribution in [0.15, 0.2) is 24.3 Å². The number of carbonyl (C=O) groups is 1. The largest absolute Gasteiger partial charge is 0.388 e. The molecule has 0 aliphatic carbocycles. The molecule has 0 spiro atoms. The van der Waals surface area contributed by atoms with Gasteiger partial charge in [0.25, 0.3) is 0 Å². The van der Waals surface area contributed by atoms with Crippen molar-refractivity contribution in [2.45, 2.75) is 51.2 Å². The average Bonchev–Trinajstić information content (AvgIpc) is 3.06. The quantitative estimate of drug-likeness (QED) is 0.890. The SMILES string of the molecule is CC1CCCN1C(=O)CCN1CCC(C(O)c2ccc(F)cc2)CC1. The third-order valence-electron chi connectivity index (χ3n) is 5.81. The summed E-state index contributed by atoms with van der Waals surface area (Å²) < 4.78 is 13.0. The molecule has 2 aliphatic rings. The van der Waals surface area contributed by atoms with Crippen LogP contribution in [-0.2, 0) is 4.79 Å². The van der Waals surface area contributed by atoms with Gasteiger partial charge in [0.1, 0.15) is 5.82 Å². The summed E-state index contributed by atoms with van der Waals surface area (Å²) in [6.45, 7) is 5.66. The Kier molecular flexibility index (Phi) is 6.07. The molecule has 3 rings (SSSR count). The van der Waals surface area contributed by atoms with E-state index in [1.807, 2.05) is 4.90 Å². The number of likely N-dealkylation sites (tertiary alicyclic amines) is 2. The molecule has 25 heavy (non-hydrogen) atoms. The Morgan fingerprint density at radius 2 is 1.88 bits per heavy atom. The minimum atomic E-state index is -0.533. The third kappa shape index (κ3) is 4.59. The van der Waals surface area contributed by atoms with Gasteiger partial charge in [0.15, 0.2) is 0 Å². The summed E-state index contributed by atoms with van der Waals surface area (Å²) in [5, 5.41) is 10.5. The molecule has 2 heterocycles. The molecule has 0 bridgehead atoms. The van der Waals surface area contributed by atoms with E-state index in [4.69, 9.17) is 0 Å². The van der Waals surface area contributed by atoms with Crippen LogP contribution in [0.1, 0.15) is 50.7 Å². The maximum absolute atomic E-state index is 13.0. The summed E-state index contributed by atoms with van der Waals surface area (Å²) in [7, 11) is 0. The smallest absolute Gasteiger partial charge is 0.224 e. The molecular weight excluding hydrogens is 319 g/mol. The highest BCUT2D eigenvalue weighted by atomic mass is 19.1. The fourth-order valence-electron chi connectivity index (χ4n) is 4.13. The number of piperidine rings is 1. The zero-order valence-electron chi connectivity index (χ0n) is 15.0. The van der Waals surface area contributed by atoms with Gasteiger partial charge in [-0.25, -0.2) is 4.39 Å². The number of carbonyl (C=O) groups excluding carboxylic acids is 1. The van der Waals surface area contributed by atoms with E-state index in [1.54, 1.807) is 12.1 Å². The zero-order chi connectivity index (χ0) is 17.8. The molecule has 1 aromatic rings. The van der Waals surface area contributed by atoms with E-state index >= 15 is 0 Å². The minimum Gasteiger partial charge on any atom is -0.388 e. The first-order valence-corrected chi connectivity index (χ1v) is 9.50. The van der Waals surface area contributed by atoms with Gasteiger partial charge in [-0.3, -0.25) is 4.79 Å². The van der Waals surface area contributed by atoms with E-state index in [2.05, 4.69) is 11.8 Å². The predicted molar refractivity (Wildman–Crippen MR) is 95.5 cm³/mol. The molecule has 2 fully saturated rings. The molecule has 138 valence electrons. The first kappa shape index (κ1) is 18.3. The Morgan fingerprint density at radius 3 is 2.48 bits per heavy atom. The summed E-state index contributed by atoms with van der Waals surface area (Å²) in [6.07, 6.45) is 4.13. The van der Waals surface area contributed by atoms with Gasteiger partial charge < -0.3 is 14.9 Å². The lowest BCUT2D eigenvalue weighted by Gasteiger charge is -2.34. The molecular formula is C20H29FN2O2. The number of nitrogens with zero attached hydrogens (tertiary/aromatic N) is 2. The van der Waals surface area contributed by atoms with Gasteiger partial charge in [-0.1, -0.05) is 12.1 Å². The van der Waals surface area contributed by atoms with Crippen molar-refractivity contribution in [2.75, 3.05) is 26.2 Å². The Bertz CT molecular complexity index is 570. The van der Waals surface area contributed by atoms with Crippen molar-refractivity contribution in [1.29, 1.82) is 0 Å². The van der Waals surface area contributed by atoms with E-state index in [0.29, 0.717) is 12.5 Å². The molecule has 0 saturated carbocycles. The molecule has 0 aromatic heterocycles. The van der Waals surface area contributed by atoms with E-state index in [0.717, 1.165) is 57.4 Å². The molecule has 0 radical (unpaired) electrons. The molecule has 2 atom stereocenters. The molecule has 2 saturated heterocycles. The number of amides is 1. The van der Waals surface area contributed by atoms with Crippen LogP contribution < -0.4 is 0 Å². The second kappa shape index (κ2) is 8.28. The van der Waals surface area contributed by atoms with Crippen molar-refractivity contribution < 1.29 is 14.3 Å². The molecule has 1 amide bonds. The van der Waals surface area contributed by atoms with Gasteiger partial charge in [-0.2, -0.15) is 0 Å². The molecule has 1 aromatic carbocycles. The van der Waals surface area contributed by atoms with Crippen molar-refractivity contribution >= 4 is 5.91 Å². The Balaban J connectivity index is 1.42. The van der Waals surface area contributed by atoms with Crippen LogP contribution in [0.2, 0.25) is 0 Å². The summed E-state index contributed by atoms with van der Waals surface area (Å²) in [5.74, 6) is 0.206. The summed E-state index contributed by atoms with van der Waals surface area (Å²) in [4.78, 5) is 16.7. The second-order valence-electron chi connectivity index (χ2n) is 7.50. The van der Waals surface area contributed by atoms with Crippen LogP contribution in [0.3, 0.4) is 0 Å². The van der Waals surface area contributed by atoms with Crippen molar-refractivity contribution in [3.05, 3.63) is 35.6 Å². The van der Waals surface area contributed by atoms with Crippen LogP contribution in [0.25, 0.3) is 0 Å². The lowest BCUT2D eigenvalue weighted by molar-refractivity contribution is -0.132. The first-order chi connectivity index (χ1) is 12.0. The lowest BCUT2D eigenvalue weighted by atomic mass is 9.87. The van der Waals surface area contributed by atoms with E-state index in [1.165, 1.54) is 12.1 Å². The Morgan fingerprint density at radius 1 is 1.20 bits per heavy atom. The highest BCUT2D eigenvalue weighted by molar-refractivity contribution is 5.77. The van der Waals surface area contributed by atoms with Crippen molar-refractivity contribution in [3.63, 3.8) is 0 Å². The highest BCUT2D eigenvalue weighted by Crippen LogP contribution is 2.31. The number of hydrogen-bond acceptors (Lipinski definition) is 3. The average molecular weight is 348 g/mol. The fraction of sp³-hybridized carbons (Fsp3) is 0.650. The predicted octanol–water partition coefficient (Wildman–Crippen LogP) is 2.97. The Hall–Kier alpha value is -1.46. The van der Waals surface area contributed by atoms with Gasteiger partial charge in [-0.15, -0.1) is 0 Å². The monoisotopic (exact) mass is 348 g/mol. The van der Waals surface area contributed by atoms with Crippen LogP contribution in [0.4, 0.5) is 4.39 Å². The maximum Gasteiger partial charge on any atom is 0.224 e. The minimum absolute atomic E-state index is 0.205. The first-order valence-electron chi connectivity index (χ1n) is 9.50. The fourth-order valence-corrected chi connectivity index (χ4v) is 4.13. The van der Waals surface area contributed by atoms with Gasteiger partial charge in [0.2, 0.25) is 5.91 Å². The summed E-state index contributed by atoms with van der Waals surface area (Å²) in [5.41, 5.74) is 0.790. The van der Waals surface area contributed by atoms with Crippen LogP contribution >= 0.6 is 0 Å². The molecule has 5 heteroatoms.